The van der Waals surface area contributed by atoms with Gasteiger partial charge in [0.05, 0.1) is 17.9 Å². The normalized spacial score (nSPS) is 12.8. The number of hydrogen-bond donors (Lipinski definition) is 1. The zero-order valence-corrected chi connectivity index (χ0v) is 9.02. The average Bonchev–Trinajstić information content (AvgIpc) is 2.72. The van der Waals surface area contributed by atoms with Crippen molar-refractivity contribution >= 4 is 5.91 Å². The predicted octanol–water partition coefficient (Wildman–Crippen LogP) is 1.02. The SMILES string of the molecule is COC(OC)C(C)NC(=O)c1ccoc1. The average molecular weight is 213 g/mol. The van der Waals surface area contributed by atoms with Gasteiger partial charge in [0.2, 0.25) is 0 Å². The molecule has 0 fully saturated rings. The number of amides is 1. The van der Waals surface area contributed by atoms with Gasteiger partial charge in [-0.05, 0) is 13.0 Å². The third-order valence-corrected chi connectivity index (χ3v) is 2.01. The maximum atomic E-state index is 11.6. The number of rotatable bonds is 5. The zero-order valence-electron chi connectivity index (χ0n) is 9.02. The van der Waals surface area contributed by atoms with Crippen LogP contribution in [0, 0.1) is 0 Å². The first kappa shape index (κ1) is 11.7. The molecule has 0 aliphatic heterocycles. The van der Waals surface area contributed by atoms with E-state index in [-0.39, 0.29) is 11.9 Å². The van der Waals surface area contributed by atoms with Crippen LogP contribution in [0.25, 0.3) is 0 Å². The van der Waals surface area contributed by atoms with Crippen LogP contribution in [0.4, 0.5) is 0 Å². The molecule has 0 aromatic carbocycles. The summed E-state index contributed by atoms with van der Waals surface area (Å²) < 4.78 is 14.8. The summed E-state index contributed by atoms with van der Waals surface area (Å²) in [6.07, 6.45) is 2.38. The van der Waals surface area contributed by atoms with E-state index in [1.165, 1.54) is 26.7 Å². The molecule has 5 nitrogen and oxygen atoms in total. The lowest BCUT2D eigenvalue weighted by molar-refractivity contribution is -0.117. The topological polar surface area (TPSA) is 60.7 Å². The Morgan fingerprint density at radius 3 is 2.60 bits per heavy atom. The summed E-state index contributed by atoms with van der Waals surface area (Å²) in [5.74, 6) is -0.213. The van der Waals surface area contributed by atoms with Crippen LogP contribution in [0.1, 0.15) is 17.3 Å². The second-order valence-corrected chi connectivity index (χ2v) is 3.11. The first-order valence-corrected chi connectivity index (χ1v) is 4.57. The van der Waals surface area contributed by atoms with Crippen LogP contribution in [-0.2, 0) is 9.47 Å². The molecule has 0 bridgehead atoms. The fourth-order valence-corrected chi connectivity index (χ4v) is 1.26. The first-order valence-electron chi connectivity index (χ1n) is 4.57. The molecule has 1 atom stereocenters. The molecule has 0 saturated heterocycles. The Morgan fingerprint density at radius 1 is 1.47 bits per heavy atom. The van der Waals surface area contributed by atoms with E-state index in [2.05, 4.69) is 5.32 Å². The summed E-state index contributed by atoms with van der Waals surface area (Å²) in [6, 6.07) is 1.36. The molecule has 0 radical (unpaired) electrons. The van der Waals surface area contributed by atoms with E-state index in [0.717, 1.165) is 0 Å². The van der Waals surface area contributed by atoms with Gasteiger partial charge in [-0.1, -0.05) is 0 Å². The number of hydrogen-bond acceptors (Lipinski definition) is 4. The van der Waals surface area contributed by atoms with Crippen LogP contribution in [0.15, 0.2) is 23.0 Å². The summed E-state index contributed by atoms with van der Waals surface area (Å²) in [4.78, 5) is 11.6. The van der Waals surface area contributed by atoms with Gasteiger partial charge in [0, 0.05) is 14.2 Å². The molecule has 0 aliphatic carbocycles. The smallest absolute Gasteiger partial charge is 0.254 e. The Bertz CT molecular complexity index is 292. The van der Waals surface area contributed by atoms with Crippen LogP contribution >= 0.6 is 0 Å². The molecular formula is C10H15NO4. The fraction of sp³-hybridized carbons (Fsp3) is 0.500. The summed E-state index contributed by atoms with van der Waals surface area (Å²) in [7, 11) is 3.04. The van der Waals surface area contributed by atoms with E-state index < -0.39 is 6.29 Å². The molecule has 15 heavy (non-hydrogen) atoms. The Labute approximate surface area is 88.4 Å². The monoisotopic (exact) mass is 213 g/mol. The van der Waals surface area contributed by atoms with Gasteiger partial charge >= 0.3 is 0 Å². The number of furan rings is 1. The lowest BCUT2D eigenvalue weighted by atomic mass is 10.2. The zero-order chi connectivity index (χ0) is 11.3. The first-order chi connectivity index (χ1) is 7.19. The second-order valence-electron chi connectivity index (χ2n) is 3.11. The van der Waals surface area contributed by atoms with E-state index in [9.17, 15) is 4.79 Å². The molecule has 5 heteroatoms. The summed E-state index contributed by atoms with van der Waals surface area (Å²) >= 11 is 0. The molecule has 84 valence electrons. The lowest BCUT2D eigenvalue weighted by Gasteiger charge is -2.21. The van der Waals surface area contributed by atoms with Gasteiger partial charge in [-0.15, -0.1) is 0 Å². The van der Waals surface area contributed by atoms with Crippen molar-refractivity contribution in [3.8, 4) is 0 Å². The number of carbonyl (C=O) groups is 1. The Kier molecular flexibility index (Phi) is 4.33. The molecule has 0 spiro atoms. The largest absolute Gasteiger partial charge is 0.472 e. The molecule has 1 rings (SSSR count). The van der Waals surface area contributed by atoms with Gasteiger partial charge in [0.15, 0.2) is 6.29 Å². The summed E-state index contributed by atoms with van der Waals surface area (Å²) in [5, 5.41) is 2.74. The summed E-state index contributed by atoms with van der Waals surface area (Å²) in [6.45, 7) is 1.80. The van der Waals surface area contributed by atoms with Crippen molar-refractivity contribution in [3.05, 3.63) is 24.2 Å². The van der Waals surface area contributed by atoms with E-state index in [0.29, 0.717) is 5.56 Å². The predicted molar refractivity (Wildman–Crippen MR) is 53.4 cm³/mol. The van der Waals surface area contributed by atoms with E-state index in [4.69, 9.17) is 13.9 Å². The molecule has 1 aromatic heterocycles. The van der Waals surface area contributed by atoms with Crippen LogP contribution in [0.3, 0.4) is 0 Å². The number of methoxy groups -OCH3 is 2. The fourth-order valence-electron chi connectivity index (χ4n) is 1.26. The minimum absolute atomic E-state index is 0.213. The summed E-state index contributed by atoms with van der Waals surface area (Å²) in [5.41, 5.74) is 0.479. The highest BCUT2D eigenvalue weighted by molar-refractivity contribution is 5.93. The van der Waals surface area contributed by atoms with Gasteiger partial charge in [-0.25, -0.2) is 0 Å². The molecule has 1 N–H and O–H groups in total. The van der Waals surface area contributed by atoms with Crippen LogP contribution in [0.5, 0.6) is 0 Å². The minimum atomic E-state index is -0.458. The molecule has 1 unspecified atom stereocenters. The molecule has 0 saturated carbocycles. The van der Waals surface area contributed by atoms with Gasteiger partial charge in [0.25, 0.3) is 5.91 Å². The molecule has 0 aliphatic rings. The van der Waals surface area contributed by atoms with E-state index in [1.54, 1.807) is 13.0 Å². The maximum Gasteiger partial charge on any atom is 0.254 e. The third-order valence-electron chi connectivity index (χ3n) is 2.01. The van der Waals surface area contributed by atoms with E-state index in [1.807, 2.05) is 0 Å². The van der Waals surface area contributed by atoms with Gasteiger partial charge in [0.1, 0.15) is 6.26 Å². The highest BCUT2D eigenvalue weighted by Crippen LogP contribution is 2.03. The number of nitrogens with one attached hydrogen (secondary N) is 1. The number of carbonyl (C=O) groups excluding carboxylic acids is 1. The molecule has 1 heterocycles. The lowest BCUT2D eigenvalue weighted by Crippen LogP contribution is -2.42. The second kappa shape index (κ2) is 5.53. The standard InChI is InChI=1S/C10H15NO4/c1-7(10(13-2)14-3)11-9(12)8-4-5-15-6-8/h4-7,10H,1-3H3,(H,11,12). The highest BCUT2D eigenvalue weighted by Gasteiger charge is 2.18. The van der Waals surface area contributed by atoms with Crippen molar-refractivity contribution in [3.63, 3.8) is 0 Å². The van der Waals surface area contributed by atoms with Crippen molar-refractivity contribution in [1.29, 1.82) is 0 Å². The van der Waals surface area contributed by atoms with Crippen molar-refractivity contribution < 1.29 is 18.7 Å². The van der Waals surface area contributed by atoms with Gasteiger partial charge < -0.3 is 19.2 Å². The third kappa shape index (κ3) is 3.07. The van der Waals surface area contributed by atoms with Crippen molar-refractivity contribution in [1.82, 2.24) is 5.32 Å². The van der Waals surface area contributed by atoms with E-state index >= 15 is 0 Å². The Hall–Kier alpha value is -1.33. The van der Waals surface area contributed by atoms with Crippen LogP contribution in [-0.4, -0.2) is 32.5 Å². The molecule has 1 amide bonds. The Balaban J connectivity index is 2.51. The van der Waals surface area contributed by atoms with Crippen LogP contribution < -0.4 is 5.32 Å². The molecule has 1 aromatic rings. The highest BCUT2D eigenvalue weighted by atomic mass is 16.7. The van der Waals surface area contributed by atoms with Crippen molar-refractivity contribution in [2.75, 3.05) is 14.2 Å². The quantitative estimate of drug-likeness (QED) is 0.742. The van der Waals surface area contributed by atoms with Crippen molar-refractivity contribution in [2.24, 2.45) is 0 Å². The Morgan fingerprint density at radius 2 is 2.13 bits per heavy atom. The molecular weight excluding hydrogens is 198 g/mol. The minimum Gasteiger partial charge on any atom is -0.472 e. The van der Waals surface area contributed by atoms with Crippen LogP contribution in [0.2, 0.25) is 0 Å². The van der Waals surface area contributed by atoms with Gasteiger partial charge in [-0.2, -0.15) is 0 Å². The maximum absolute atomic E-state index is 11.6. The van der Waals surface area contributed by atoms with Gasteiger partial charge in [-0.3, -0.25) is 4.79 Å². The van der Waals surface area contributed by atoms with Crippen molar-refractivity contribution in [2.45, 2.75) is 19.3 Å². The number of ether oxygens (including phenoxy) is 2.